The van der Waals surface area contributed by atoms with Crippen molar-refractivity contribution in [3.8, 4) is 0 Å². The number of carboxylic acid groups (broad SMARTS) is 2. The van der Waals surface area contributed by atoms with Gasteiger partial charge in [0, 0.05) is 18.6 Å². The molecule has 30 heavy (non-hydrogen) atoms. The number of hydrogen-bond acceptors (Lipinski definition) is 6. The summed E-state index contributed by atoms with van der Waals surface area (Å²) in [5.74, 6) is -3.32. The highest BCUT2D eigenvalue weighted by molar-refractivity contribution is 5.91. The Labute approximate surface area is 177 Å². The van der Waals surface area contributed by atoms with Crippen LogP contribution in [0.4, 0.5) is 0 Å². The molecule has 2 rings (SSSR count). The molecule has 0 saturated heterocycles. The molecule has 1 unspecified atom stereocenters. The van der Waals surface area contributed by atoms with Crippen LogP contribution < -0.4 is 0 Å². The van der Waals surface area contributed by atoms with Gasteiger partial charge in [-0.3, -0.25) is 9.59 Å². The summed E-state index contributed by atoms with van der Waals surface area (Å²) in [6, 6.07) is 0. The lowest BCUT2D eigenvalue weighted by Gasteiger charge is -2.21. The van der Waals surface area contributed by atoms with Crippen molar-refractivity contribution >= 4 is 23.9 Å². The van der Waals surface area contributed by atoms with Gasteiger partial charge in [-0.05, 0) is 57.8 Å². The van der Waals surface area contributed by atoms with E-state index in [-0.39, 0.29) is 25.0 Å². The first-order valence-electron chi connectivity index (χ1n) is 10.8. The summed E-state index contributed by atoms with van der Waals surface area (Å²) < 4.78 is 10.6. The highest BCUT2D eigenvalue weighted by Gasteiger charge is 2.18. The van der Waals surface area contributed by atoms with Crippen molar-refractivity contribution < 1.29 is 38.9 Å². The molecule has 2 saturated carbocycles. The van der Waals surface area contributed by atoms with E-state index in [0.29, 0.717) is 0 Å². The Morgan fingerprint density at radius 2 is 1.20 bits per heavy atom. The number of hydrogen-bond donors (Lipinski definition) is 2. The molecule has 0 radical (unpaired) electrons. The third kappa shape index (κ3) is 12.2. The number of ether oxygens (including phenoxy) is 2. The van der Waals surface area contributed by atoms with Crippen molar-refractivity contribution in [2.24, 2.45) is 5.92 Å². The summed E-state index contributed by atoms with van der Waals surface area (Å²) in [5, 5.41) is 16.5. The Bertz CT molecular complexity index is 552. The first-order chi connectivity index (χ1) is 14.3. The van der Waals surface area contributed by atoms with Crippen LogP contribution in [0.15, 0.2) is 12.2 Å². The van der Waals surface area contributed by atoms with Crippen molar-refractivity contribution in [1.29, 1.82) is 0 Å². The first kappa shape index (κ1) is 25.7. The first-order valence-corrected chi connectivity index (χ1v) is 10.8. The molecule has 0 spiro atoms. The van der Waals surface area contributed by atoms with Gasteiger partial charge in [-0.15, -0.1) is 0 Å². The van der Waals surface area contributed by atoms with Crippen LogP contribution in [0.2, 0.25) is 0 Å². The summed E-state index contributed by atoms with van der Waals surface area (Å²) in [7, 11) is 0. The summed E-state index contributed by atoms with van der Waals surface area (Å²) in [5.41, 5.74) is 0. The van der Waals surface area contributed by atoms with E-state index < -0.39 is 29.8 Å². The van der Waals surface area contributed by atoms with E-state index in [2.05, 4.69) is 0 Å². The maximum Gasteiger partial charge on any atom is 0.331 e. The van der Waals surface area contributed by atoms with Crippen molar-refractivity contribution in [3.63, 3.8) is 0 Å². The molecule has 170 valence electrons. The molecule has 0 heterocycles. The lowest BCUT2D eigenvalue weighted by molar-refractivity contribution is -0.147. The quantitative estimate of drug-likeness (QED) is 0.442. The zero-order valence-electron chi connectivity index (χ0n) is 17.7. The second-order valence-electron chi connectivity index (χ2n) is 7.90. The third-order valence-electron chi connectivity index (χ3n) is 5.24. The highest BCUT2D eigenvalue weighted by Crippen LogP contribution is 2.21. The monoisotopic (exact) mass is 426 g/mol. The minimum absolute atomic E-state index is 0.0234. The normalized spacial score (nSPS) is 18.7. The number of aliphatic carboxylic acids is 2. The van der Waals surface area contributed by atoms with Crippen molar-refractivity contribution in [1.82, 2.24) is 0 Å². The largest absolute Gasteiger partial charge is 0.481 e. The van der Waals surface area contributed by atoms with E-state index in [1.54, 1.807) is 0 Å². The predicted molar refractivity (Wildman–Crippen MR) is 109 cm³/mol. The van der Waals surface area contributed by atoms with Gasteiger partial charge in [0.05, 0.1) is 5.92 Å². The van der Waals surface area contributed by atoms with Gasteiger partial charge in [0.2, 0.25) is 0 Å². The molecule has 2 fully saturated rings. The molecule has 0 aromatic heterocycles. The molecule has 0 aromatic rings. The lowest BCUT2D eigenvalue weighted by atomic mass is 9.98. The average Bonchev–Trinajstić information content (AvgIpc) is 2.72. The Morgan fingerprint density at radius 3 is 1.53 bits per heavy atom. The van der Waals surface area contributed by atoms with Gasteiger partial charge in [0.15, 0.2) is 0 Å². The van der Waals surface area contributed by atoms with E-state index in [4.69, 9.17) is 19.7 Å². The Hall–Kier alpha value is -2.38. The van der Waals surface area contributed by atoms with Crippen molar-refractivity contribution in [2.45, 2.75) is 96.2 Å². The average molecular weight is 427 g/mol. The fraction of sp³-hybridized carbons (Fsp3) is 0.727. The predicted octanol–water partition coefficient (Wildman–Crippen LogP) is 3.87. The number of carbonyl (C=O) groups excluding carboxylic acids is 2. The Morgan fingerprint density at radius 1 is 0.800 bits per heavy atom. The molecule has 2 N–H and O–H groups in total. The topological polar surface area (TPSA) is 127 Å². The Kier molecular flexibility index (Phi) is 12.5. The molecular formula is C22H34O8. The van der Waals surface area contributed by atoms with Gasteiger partial charge in [0.25, 0.3) is 0 Å². The summed E-state index contributed by atoms with van der Waals surface area (Å²) in [4.78, 5) is 43.2. The molecule has 1 atom stereocenters. The van der Waals surface area contributed by atoms with Crippen LogP contribution in [0.3, 0.4) is 0 Å². The molecule has 0 bridgehead atoms. The van der Waals surface area contributed by atoms with E-state index in [0.717, 1.165) is 51.4 Å². The van der Waals surface area contributed by atoms with Crippen LogP contribution >= 0.6 is 0 Å². The van der Waals surface area contributed by atoms with Crippen LogP contribution in [0.25, 0.3) is 0 Å². The maximum absolute atomic E-state index is 11.6. The molecular weight excluding hydrogens is 392 g/mol. The smallest absolute Gasteiger partial charge is 0.331 e. The Balaban J connectivity index is 0.000000382. The van der Waals surface area contributed by atoms with E-state index in [9.17, 15) is 19.2 Å². The fourth-order valence-electron chi connectivity index (χ4n) is 3.37. The van der Waals surface area contributed by atoms with Gasteiger partial charge >= 0.3 is 23.9 Å². The zero-order valence-corrected chi connectivity index (χ0v) is 17.7. The molecule has 0 aromatic carbocycles. The van der Waals surface area contributed by atoms with Crippen LogP contribution in [-0.4, -0.2) is 46.3 Å². The van der Waals surface area contributed by atoms with E-state index >= 15 is 0 Å². The van der Waals surface area contributed by atoms with Gasteiger partial charge in [-0.25, -0.2) is 9.59 Å². The molecule has 0 amide bonds. The summed E-state index contributed by atoms with van der Waals surface area (Å²) >= 11 is 0. The fourth-order valence-corrected chi connectivity index (χ4v) is 3.37. The van der Waals surface area contributed by atoms with Gasteiger partial charge in [-0.2, -0.15) is 0 Å². The molecule has 2 aliphatic rings. The number of carboxylic acids is 2. The molecule has 0 aliphatic heterocycles. The van der Waals surface area contributed by atoms with Crippen molar-refractivity contribution in [2.75, 3.05) is 0 Å². The highest BCUT2D eigenvalue weighted by atomic mass is 16.5. The molecule has 2 aliphatic carbocycles. The SMILES string of the molecule is CC(CCC(=O)O)C(=O)O.O=C(/C=C\C(=O)OC1CCCCC1)OC1CCCCC1. The minimum atomic E-state index is -0.951. The second-order valence-corrected chi connectivity index (χ2v) is 7.90. The van der Waals surface area contributed by atoms with Crippen molar-refractivity contribution in [3.05, 3.63) is 12.2 Å². The standard InChI is InChI=1S/C16H24O4.C6H10O4/c17-15(19-13-7-3-1-4-8-13)11-12-16(18)20-14-9-5-2-6-10-14;1-4(6(9)10)2-3-5(7)8/h11-14H,1-10H2;4H,2-3H2,1H3,(H,7,8)(H,9,10)/b12-11-;. The van der Waals surface area contributed by atoms with Gasteiger partial charge in [0.1, 0.15) is 12.2 Å². The number of rotatable bonds is 8. The van der Waals surface area contributed by atoms with Crippen LogP contribution in [0, 0.1) is 5.92 Å². The number of carbonyl (C=O) groups is 4. The van der Waals surface area contributed by atoms with E-state index in [1.807, 2.05) is 0 Å². The van der Waals surface area contributed by atoms with Crippen LogP contribution in [-0.2, 0) is 28.7 Å². The summed E-state index contributed by atoms with van der Waals surface area (Å²) in [6.45, 7) is 1.49. The van der Waals surface area contributed by atoms with Crippen LogP contribution in [0.1, 0.15) is 84.0 Å². The zero-order chi connectivity index (χ0) is 22.4. The maximum atomic E-state index is 11.6. The minimum Gasteiger partial charge on any atom is -0.481 e. The number of esters is 2. The molecule has 8 heteroatoms. The summed E-state index contributed by atoms with van der Waals surface area (Å²) in [6.07, 6.45) is 13.2. The third-order valence-corrected chi connectivity index (χ3v) is 5.24. The second kappa shape index (κ2) is 14.6. The van der Waals surface area contributed by atoms with E-state index in [1.165, 1.54) is 31.9 Å². The van der Waals surface area contributed by atoms with Gasteiger partial charge in [-0.1, -0.05) is 19.8 Å². The van der Waals surface area contributed by atoms with Gasteiger partial charge < -0.3 is 19.7 Å². The van der Waals surface area contributed by atoms with Crippen LogP contribution in [0.5, 0.6) is 0 Å². The lowest BCUT2D eigenvalue weighted by Crippen LogP contribution is -2.21. The molecule has 8 nitrogen and oxygen atoms in total.